The minimum Gasteiger partial charge on any atom is -0.378 e. The second kappa shape index (κ2) is 1.88. The fraction of sp³-hybridized carbons (Fsp3) is 1.00. The monoisotopic (exact) mass is 169 g/mol. The van der Waals surface area contributed by atoms with E-state index in [4.69, 9.17) is 5.73 Å². The molecule has 3 saturated carbocycles. The molecule has 0 aromatic heterocycles. The summed E-state index contributed by atoms with van der Waals surface area (Å²) in [7, 11) is 0. The summed E-state index contributed by atoms with van der Waals surface area (Å²) in [5.74, 6) is 0. The molecule has 2 nitrogen and oxygen atoms in total. The van der Waals surface area contributed by atoms with E-state index in [0.717, 1.165) is 19.3 Å². The van der Waals surface area contributed by atoms with Gasteiger partial charge in [-0.3, -0.25) is 0 Å². The molecule has 0 spiro atoms. The van der Waals surface area contributed by atoms with Crippen molar-refractivity contribution in [3.05, 3.63) is 0 Å². The topological polar surface area (TPSA) is 46.2 Å². The molecule has 0 aliphatic heterocycles. The van der Waals surface area contributed by atoms with Crippen LogP contribution in [-0.2, 0) is 0 Å². The predicted octanol–water partition coefficient (Wildman–Crippen LogP) is 1.48. The predicted molar refractivity (Wildman–Crippen MR) is 48.4 cm³/mol. The first-order chi connectivity index (χ1) is 5.31. The third kappa shape index (κ3) is 0.728. The van der Waals surface area contributed by atoms with Crippen molar-refractivity contribution in [1.29, 1.82) is 0 Å². The zero-order valence-electron chi connectivity index (χ0n) is 8.22. The summed E-state index contributed by atoms with van der Waals surface area (Å²) in [6, 6.07) is 0. The molecule has 3 aliphatic rings. The summed E-state index contributed by atoms with van der Waals surface area (Å²) >= 11 is 0. The smallest absolute Gasteiger partial charge is 0.108 e. The third-order valence-corrected chi connectivity index (χ3v) is 4.29. The van der Waals surface area contributed by atoms with E-state index >= 15 is 0 Å². The average molecular weight is 169 g/mol. The molecule has 3 fully saturated rings. The van der Waals surface area contributed by atoms with Gasteiger partial charge in [-0.15, -0.1) is 0 Å². The van der Waals surface area contributed by atoms with Crippen LogP contribution in [0.5, 0.6) is 0 Å². The van der Waals surface area contributed by atoms with Crippen molar-refractivity contribution in [3.8, 4) is 0 Å². The highest BCUT2D eigenvalue weighted by molar-refractivity contribution is 5.22. The van der Waals surface area contributed by atoms with Crippen LogP contribution in [-0.4, -0.2) is 11.3 Å². The second-order valence-electron chi connectivity index (χ2n) is 5.87. The van der Waals surface area contributed by atoms with Crippen LogP contribution in [0.2, 0.25) is 0 Å². The van der Waals surface area contributed by atoms with Gasteiger partial charge >= 0.3 is 0 Å². The molecule has 0 radical (unpaired) electrons. The zero-order valence-corrected chi connectivity index (χ0v) is 8.22. The number of aliphatic hydroxyl groups excluding tert-OH is 1. The minimum atomic E-state index is -0.582. The van der Waals surface area contributed by atoms with Crippen LogP contribution in [0.15, 0.2) is 0 Å². The Balaban J connectivity index is 2.05. The fourth-order valence-electron chi connectivity index (χ4n) is 2.98. The largest absolute Gasteiger partial charge is 0.378 e. The van der Waals surface area contributed by atoms with Gasteiger partial charge in [0.15, 0.2) is 0 Å². The van der Waals surface area contributed by atoms with Crippen molar-refractivity contribution in [2.75, 3.05) is 0 Å². The molecule has 3 aliphatic carbocycles. The molecule has 3 rings (SSSR count). The summed E-state index contributed by atoms with van der Waals surface area (Å²) in [6.07, 6.45) is 2.84. The van der Waals surface area contributed by atoms with Gasteiger partial charge in [0, 0.05) is 5.41 Å². The Morgan fingerprint density at radius 1 is 1.25 bits per heavy atom. The number of aliphatic hydroxyl groups is 1. The van der Waals surface area contributed by atoms with Crippen LogP contribution in [0.4, 0.5) is 0 Å². The third-order valence-electron chi connectivity index (χ3n) is 4.29. The van der Waals surface area contributed by atoms with Crippen LogP contribution in [0, 0.1) is 16.2 Å². The van der Waals surface area contributed by atoms with E-state index in [1.165, 1.54) is 0 Å². The SMILES string of the molecule is CC(C)(C)C12CC(C(N)O)(C1)C2. The second-order valence-corrected chi connectivity index (χ2v) is 5.87. The highest BCUT2D eigenvalue weighted by atomic mass is 16.3. The van der Waals surface area contributed by atoms with E-state index in [2.05, 4.69) is 20.8 Å². The molecule has 2 bridgehead atoms. The average Bonchev–Trinajstić information content (AvgIpc) is 1.46. The Labute approximate surface area is 74.1 Å². The summed E-state index contributed by atoms with van der Waals surface area (Å²) < 4.78 is 0. The van der Waals surface area contributed by atoms with E-state index in [1.807, 2.05) is 0 Å². The van der Waals surface area contributed by atoms with Crippen LogP contribution in [0.3, 0.4) is 0 Å². The first kappa shape index (κ1) is 8.52. The minimum absolute atomic E-state index is 0.118. The van der Waals surface area contributed by atoms with Gasteiger partial charge in [0.25, 0.3) is 0 Å². The van der Waals surface area contributed by atoms with Crippen LogP contribution in [0.25, 0.3) is 0 Å². The van der Waals surface area contributed by atoms with Gasteiger partial charge in [-0.2, -0.15) is 0 Å². The van der Waals surface area contributed by atoms with E-state index in [1.54, 1.807) is 0 Å². The molecule has 1 unspecified atom stereocenters. The number of rotatable bonds is 1. The van der Waals surface area contributed by atoms with E-state index in [-0.39, 0.29) is 5.41 Å². The van der Waals surface area contributed by atoms with Crippen molar-refractivity contribution in [3.63, 3.8) is 0 Å². The molecule has 3 N–H and O–H groups in total. The fourth-order valence-corrected chi connectivity index (χ4v) is 2.98. The normalized spacial score (nSPS) is 47.8. The quantitative estimate of drug-likeness (QED) is 0.584. The Hall–Kier alpha value is -0.0800. The van der Waals surface area contributed by atoms with Gasteiger partial charge in [0.1, 0.15) is 6.23 Å². The van der Waals surface area contributed by atoms with Crippen molar-refractivity contribution in [2.24, 2.45) is 22.0 Å². The van der Waals surface area contributed by atoms with Gasteiger partial charge in [-0.25, -0.2) is 0 Å². The molecule has 2 heteroatoms. The molecule has 0 amide bonds. The maximum Gasteiger partial charge on any atom is 0.108 e. The summed E-state index contributed by atoms with van der Waals surface area (Å²) in [5, 5.41) is 9.33. The Bertz CT molecular complexity index is 195. The van der Waals surface area contributed by atoms with E-state index < -0.39 is 6.23 Å². The van der Waals surface area contributed by atoms with Gasteiger partial charge in [0.05, 0.1) is 0 Å². The lowest BCUT2D eigenvalue weighted by Crippen LogP contribution is -2.72. The highest BCUT2D eigenvalue weighted by Gasteiger charge is 2.73. The van der Waals surface area contributed by atoms with Crippen molar-refractivity contribution < 1.29 is 5.11 Å². The first-order valence-corrected chi connectivity index (χ1v) is 4.75. The first-order valence-electron chi connectivity index (χ1n) is 4.75. The van der Waals surface area contributed by atoms with Crippen molar-refractivity contribution in [1.82, 2.24) is 0 Å². The molecule has 0 saturated heterocycles. The summed E-state index contributed by atoms with van der Waals surface area (Å²) in [4.78, 5) is 0. The van der Waals surface area contributed by atoms with Gasteiger partial charge in [-0.1, -0.05) is 20.8 Å². The lowest BCUT2D eigenvalue weighted by Gasteiger charge is -2.76. The maximum absolute atomic E-state index is 9.33. The maximum atomic E-state index is 9.33. The Kier molecular flexibility index (Phi) is 1.33. The molecular weight excluding hydrogens is 150 g/mol. The Morgan fingerprint density at radius 2 is 1.67 bits per heavy atom. The van der Waals surface area contributed by atoms with Crippen LogP contribution < -0.4 is 5.73 Å². The number of hydrogen-bond acceptors (Lipinski definition) is 2. The van der Waals surface area contributed by atoms with E-state index in [9.17, 15) is 5.11 Å². The molecule has 1 atom stereocenters. The molecule has 0 aromatic rings. The van der Waals surface area contributed by atoms with E-state index in [0.29, 0.717) is 10.8 Å². The standard InChI is InChI=1S/C10H19NO/c1-8(2,3)10-4-9(5-10,6-10)7(11)12/h7,12H,4-6,11H2,1-3H3. The van der Waals surface area contributed by atoms with Crippen LogP contribution in [0.1, 0.15) is 40.0 Å². The number of hydrogen-bond donors (Lipinski definition) is 2. The van der Waals surface area contributed by atoms with Crippen molar-refractivity contribution >= 4 is 0 Å². The lowest BCUT2D eigenvalue weighted by molar-refractivity contribution is -0.296. The summed E-state index contributed by atoms with van der Waals surface area (Å²) in [5.41, 5.74) is 6.55. The van der Waals surface area contributed by atoms with Gasteiger partial charge in [-0.05, 0) is 30.1 Å². The highest BCUT2D eigenvalue weighted by Crippen LogP contribution is 2.79. The van der Waals surface area contributed by atoms with Gasteiger partial charge in [0.2, 0.25) is 0 Å². The summed E-state index contributed by atoms with van der Waals surface area (Å²) in [6.45, 7) is 6.87. The van der Waals surface area contributed by atoms with Gasteiger partial charge < -0.3 is 10.8 Å². The number of nitrogens with two attached hydrogens (primary N) is 1. The lowest BCUT2D eigenvalue weighted by atomic mass is 9.29. The van der Waals surface area contributed by atoms with Crippen LogP contribution >= 0.6 is 0 Å². The molecular formula is C10H19NO. The molecule has 0 heterocycles. The zero-order chi connectivity index (χ0) is 9.20. The molecule has 70 valence electrons. The molecule has 0 aromatic carbocycles. The van der Waals surface area contributed by atoms with Crippen molar-refractivity contribution in [2.45, 2.75) is 46.3 Å². The molecule has 12 heavy (non-hydrogen) atoms. The Morgan fingerprint density at radius 3 is 1.92 bits per heavy atom.